The van der Waals surface area contributed by atoms with E-state index >= 15 is 0 Å². The average molecular weight is 568 g/mol. The maximum absolute atomic E-state index is 11.9. The van der Waals surface area contributed by atoms with Crippen LogP contribution < -0.4 is 14.4 Å². The van der Waals surface area contributed by atoms with Crippen molar-refractivity contribution in [3.63, 3.8) is 0 Å². The van der Waals surface area contributed by atoms with Crippen molar-refractivity contribution in [3.8, 4) is 11.5 Å². The Morgan fingerprint density at radius 1 is 0.769 bits per heavy atom. The predicted octanol–water partition coefficient (Wildman–Crippen LogP) is 6.09. The topological polar surface area (TPSA) is 97.3 Å². The van der Waals surface area contributed by atoms with Crippen LogP contribution in [-0.2, 0) is 13.6 Å². The van der Waals surface area contributed by atoms with E-state index in [0.29, 0.717) is 23.4 Å². The van der Waals surface area contributed by atoms with Crippen LogP contribution in [0.2, 0.25) is 0 Å². The smallest absolute Gasteiger partial charge is 0.268 e. The number of phosphoric ester groups is 1. The fourth-order valence-corrected chi connectivity index (χ4v) is 4.89. The van der Waals surface area contributed by atoms with Crippen molar-refractivity contribution in [2.75, 3.05) is 54.1 Å². The van der Waals surface area contributed by atoms with Gasteiger partial charge in [0.05, 0.1) is 34.4 Å². The van der Waals surface area contributed by atoms with Crippen LogP contribution in [0.3, 0.4) is 0 Å². The molecule has 0 spiro atoms. The summed E-state index contributed by atoms with van der Waals surface area (Å²) >= 11 is 0. The molecule has 222 valence electrons. The minimum Gasteiger partial charge on any atom is -0.756 e. The number of fused-ring (bicyclic) bond motifs is 1. The molecule has 0 aliphatic carbocycles. The Morgan fingerprint density at radius 2 is 1.31 bits per heavy atom. The predicted molar refractivity (Wildman–Crippen MR) is 155 cm³/mol. The molecular formula is C30H50NO7P. The van der Waals surface area contributed by atoms with Crippen LogP contribution in [0.15, 0.2) is 36.4 Å². The van der Waals surface area contributed by atoms with E-state index in [-0.39, 0.29) is 13.2 Å². The van der Waals surface area contributed by atoms with E-state index in [1.165, 1.54) is 57.8 Å². The van der Waals surface area contributed by atoms with Crippen LogP contribution in [0.4, 0.5) is 0 Å². The summed E-state index contributed by atoms with van der Waals surface area (Å²) in [7, 11) is 1.30. The largest absolute Gasteiger partial charge is 0.756 e. The third kappa shape index (κ3) is 14.5. The first-order valence-corrected chi connectivity index (χ1v) is 15.9. The zero-order valence-corrected chi connectivity index (χ0v) is 25.3. The first-order chi connectivity index (χ1) is 18.6. The summed E-state index contributed by atoms with van der Waals surface area (Å²) in [5.74, 6) is 1.39. The number of aliphatic hydroxyl groups excluding tert-OH is 1. The summed E-state index contributed by atoms with van der Waals surface area (Å²) in [6.07, 6.45) is 11.7. The maximum Gasteiger partial charge on any atom is 0.268 e. The van der Waals surface area contributed by atoms with E-state index < -0.39 is 20.5 Å². The highest BCUT2D eigenvalue weighted by atomic mass is 31.2. The summed E-state index contributed by atoms with van der Waals surface area (Å²) in [4.78, 5) is 11.9. The van der Waals surface area contributed by atoms with Gasteiger partial charge in [0.15, 0.2) is 0 Å². The highest BCUT2D eigenvalue weighted by Crippen LogP contribution is 2.38. The standard InChI is InChI=1S/C30H50NO7P/c1-5-6-7-8-9-10-11-12-13-14-22-35-29-19-15-18-28-27(29)17-16-20-30(28)36-24-26(32)25-38-39(33,34)37-23-21-31(2,3)4/h15-20,26,32H,5-14,21-25H2,1-4H3. The molecule has 2 atom stereocenters. The number of nitrogens with zero attached hydrogens (tertiary/aromatic N) is 1. The van der Waals surface area contributed by atoms with Gasteiger partial charge in [-0.15, -0.1) is 0 Å². The molecule has 39 heavy (non-hydrogen) atoms. The molecule has 2 unspecified atom stereocenters. The molecule has 0 heterocycles. The SMILES string of the molecule is CCCCCCCCCCCCOc1cccc2c(OCC(O)COP(=O)([O-])OCC[N+](C)(C)C)cccc12. The lowest BCUT2D eigenvalue weighted by Gasteiger charge is -2.27. The zero-order chi connectivity index (χ0) is 28.6. The lowest BCUT2D eigenvalue weighted by molar-refractivity contribution is -0.870. The summed E-state index contributed by atoms with van der Waals surface area (Å²) in [5.41, 5.74) is 0. The number of benzene rings is 2. The zero-order valence-electron chi connectivity index (χ0n) is 24.4. The summed E-state index contributed by atoms with van der Waals surface area (Å²) in [5, 5.41) is 12.0. The summed E-state index contributed by atoms with van der Waals surface area (Å²) < 4.78 is 34.1. The Hall–Kier alpha value is -1.67. The number of likely N-dealkylation sites (N-methyl/N-ethyl adjacent to an activating group) is 1. The molecule has 1 N–H and O–H groups in total. The number of phosphoric acid groups is 1. The minimum absolute atomic E-state index is 0.0104. The quantitative estimate of drug-likeness (QED) is 0.105. The van der Waals surface area contributed by atoms with E-state index in [4.69, 9.17) is 18.5 Å². The van der Waals surface area contributed by atoms with Crippen LogP contribution in [0.5, 0.6) is 11.5 Å². The van der Waals surface area contributed by atoms with Crippen molar-refractivity contribution in [1.82, 2.24) is 0 Å². The molecule has 0 aliphatic heterocycles. The lowest BCUT2D eigenvalue weighted by atomic mass is 10.1. The molecule has 0 saturated carbocycles. The van der Waals surface area contributed by atoms with Gasteiger partial charge in [-0.1, -0.05) is 89.0 Å². The van der Waals surface area contributed by atoms with Crippen LogP contribution in [-0.4, -0.2) is 69.8 Å². The summed E-state index contributed by atoms with van der Waals surface area (Å²) in [6, 6.07) is 11.5. The second-order valence-electron chi connectivity index (χ2n) is 11.2. The van der Waals surface area contributed by atoms with Crippen molar-refractivity contribution < 1.29 is 37.6 Å². The van der Waals surface area contributed by atoms with Gasteiger partial charge in [-0.05, 0) is 18.6 Å². The number of aliphatic hydroxyl groups is 1. The Kier molecular flexibility index (Phi) is 15.4. The molecule has 0 fully saturated rings. The minimum atomic E-state index is -4.49. The van der Waals surface area contributed by atoms with Gasteiger partial charge in [0.2, 0.25) is 0 Å². The molecule has 2 aromatic carbocycles. The molecule has 2 aromatic rings. The molecule has 0 amide bonds. The number of hydrogen-bond acceptors (Lipinski definition) is 7. The Balaban J connectivity index is 1.74. The van der Waals surface area contributed by atoms with Crippen molar-refractivity contribution in [2.45, 2.75) is 77.2 Å². The van der Waals surface area contributed by atoms with E-state index in [2.05, 4.69) is 6.92 Å². The number of ether oxygens (including phenoxy) is 2. The second-order valence-corrected chi connectivity index (χ2v) is 12.6. The number of rotatable bonds is 22. The molecule has 2 rings (SSSR count). The monoisotopic (exact) mass is 567 g/mol. The maximum atomic E-state index is 11.9. The van der Waals surface area contributed by atoms with Gasteiger partial charge in [0.1, 0.15) is 37.4 Å². The first-order valence-electron chi connectivity index (χ1n) is 14.5. The average Bonchev–Trinajstić information content (AvgIpc) is 2.88. The third-order valence-electron chi connectivity index (χ3n) is 6.47. The Labute approximate surface area is 235 Å². The fraction of sp³-hybridized carbons (Fsp3) is 0.667. The van der Waals surface area contributed by atoms with E-state index in [1.807, 2.05) is 57.5 Å². The molecule has 0 bridgehead atoms. The Morgan fingerprint density at radius 3 is 1.87 bits per heavy atom. The number of hydrogen-bond donors (Lipinski definition) is 1. The number of quaternary nitrogens is 1. The van der Waals surface area contributed by atoms with Gasteiger partial charge in [-0.25, -0.2) is 0 Å². The van der Waals surface area contributed by atoms with Crippen molar-refractivity contribution in [3.05, 3.63) is 36.4 Å². The highest BCUT2D eigenvalue weighted by Gasteiger charge is 2.16. The molecule has 0 saturated heterocycles. The second kappa shape index (κ2) is 17.9. The number of unbranched alkanes of at least 4 members (excludes halogenated alkanes) is 9. The normalized spacial score (nSPS) is 14.3. The molecular weight excluding hydrogens is 517 g/mol. The van der Waals surface area contributed by atoms with E-state index in [9.17, 15) is 14.6 Å². The van der Waals surface area contributed by atoms with Crippen molar-refractivity contribution in [2.24, 2.45) is 0 Å². The van der Waals surface area contributed by atoms with Crippen molar-refractivity contribution in [1.29, 1.82) is 0 Å². The van der Waals surface area contributed by atoms with Gasteiger partial charge in [0.25, 0.3) is 7.82 Å². The van der Waals surface area contributed by atoms with Crippen LogP contribution in [0.25, 0.3) is 10.8 Å². The third-order valence-corrected chi connectivity index (χ3v) is 7.43. The molecule has 0 aliphatic rings. The Bertz CT molecular complexity index is 995. The molecule has 9 heteroatoms. The van der Waals surface area contributed by atoms with Gasteiger partial charge in [-0.3, -0.25) is 4.57 Å². The highest BCUT2D eigenvalue weighted by molar-refractivity contribution is 7.45. The van der Waals surface area contributed by atoms with Crippen LogP contribution in [0, 0.1) is 0 Å². The van der Waals surface area contributed by atoms with Gasteiger partial charge >= 0.3 is 0 Å². The van der Waals surface area contributed by atoms with Crippen molar-refractivity contribution >= 4 is 18.6 Å². The van der Waals surface area contributed by atoms with Crippen LogP contribution in [0.1, 0.15) is 71.1 Å². The first kappa shape index (κ1) is 33.5. The van der Waals surface area contributed by atoms with Crippen LogP contribution >= 0.6 is 7.82 Å². The molecule has 0 radical (unpaired) electrons. The molecule has 8 nitrogen and oxygen atoms in total. The van der Waals surface area contributed by atoms with E-state index in [1.54, 1.807) is 0 Å². The van der Waals surface area contributed by atoms with Gasteiger partial charge in [-0.2, -0.15) is 0 Å². The molecule has 0 aromatic heterocycles. The van der Waals surface area contributed by atoms with Gasteiger partial charge in [0, 0.05) is 10.8 Å². The summed E-state index contributed by atoms with van der Waals surface area (Å²) in [6.45, 7) is 2.87. The fourth-order valence-electron chi connectivity index (χ4n) is 4.15. The van der Waals surface area contributed by atoms with Gasteiger partial charge < -0.3 is 33.0 Å². The van der Waals surface area contributed by atoms with E-state index in [0.717, 1.165) is 22.9 Å². The lowest BCUT2D eigenvalue weighted by Crippen LogP contribution is -2.37.